The Kier molecular flexibility index (Phi) is 5.90. The molecule has 1 aromatic carbocycles. The number of hydrogen-bond donors (Lipinski definition) is 2. The lowest BCUT2D eigenvalue weighted by Crippen LogP contribution is -2.48. The lowest BCUT2D eigenvalue weighted by molar-refractivity contribution is -0.143. The van der Waals surface area contributed by atoms with Gasteiger partial charge in [-0.05, 0) is 18.1 Å². The summed E-state index contributed by atoms with van der Waals surface area (Å²) in [5.41, 5.74) is 0.478. The first-order valence-electron chi connectivity index (χ1n) is 6.65. The average molecular weight is 292 g/mol. The molecular formula is C15H20N2O4. The topological polar surface area (TPSA) is 86.7 Å². The molecular weight excluding hydrogens is 272 g/mol. The smallest absolute Gasteiger partial charge is 0.326 e. The van der Waals surface area contributed by atoms with Gasteiger partial charge in [-0.25, -0.2) is 4.79 Å². The lowest BCUT2D eigenvalue weighted by atomic mass is 10.0. The van der Waals surface area contributed by atoms with Crippen LogP contribution in [0.2, 0.25) is 0 Å². The predicted octanol–water partition coefficient (Wildman–Crippen LogP) is 0.984. The number of aliphatic carboxylic acids is 1. The Hall–Kier alpha value is -2.37. The number of amides is 2. The minimum atomic E-state index is -1.09. The van der Waals surface area contributed by atoms with E-state index < -0.39 is 17.9 Å². The van der Waals surface area contributed by atoms with Crippen molar-refractivity contribution in [1.29, 1.82) is 0 Å². The van der Waals surface area contributed by atoms with Crippen LogP contribution in [0.1, 0.15) is 24.2 Å². The number of likely N-dealkylation sites (N-methyl/N-ethyl adjacent to an activating group) is 1. The summed E-state index contributed by atoms with van der Waals surface area (Å²) in [7, 11) is 1.50. The molecule has 0 radical (unpaired) electrons. The number of rotatable bonds is 6. The Morgan fingerprint density at radius 1 is 1.19 bits per heavy atom. The van der Waals surface area contributed by atoms with Gasteiger partial charge in [0, 0.05) is 12.6 Å². The van der Waals surface area contributed by atoms with Crippen LogP contribution >= 0.6 is 0 Å². The fraction of sp³-hybridized carbons (Fsp3) is 0.400. The first-order chi connectivity index (χ1) is 9.82. The van der Waals surface area contributed by atoms with Crippen LogP contribution in [0.3, 0.4) is 0 Å². The Morgan fingerprint density at radius 2 is 1.76 bits per heavy atom. The normalized spacial score (nSPS) is 11.8. The number of carbonyl (C=O) groups is 3. The molecule has 0 aromatic heterocycles. The van der Waals surface area contributed by atoms with Crippen LogP contribution in [0.25, 0.3) is 0 Å². The van der Waals surface area contributed by atoms with Crippen molar-refractivity contribution in [3.8, 4) is 0 Å². The molecule has 1 rings (SSSR count). The molecule has 0 bridgehead atoms. The van der Waals surface area contributed by atoms with Gasteiger partial charge >= 0.3 is 5.97 Å². The maximum absolute atomic E-state index is 12.1. The molecule has 2 N–H and O–H groups in total. The number of hydrogen-bond acceptors (Lipinski definition) is 3. The van der Waals surface area contributed by atoms with Crippen molar-refractivity contribution >= 4 is 17.8 Å². The van der Waals surface area contributed by atoms with Crippen molar-refractivity contribution in [1.82, 2.24) is 10.2 Å². The molecule has 0 aliphatic heterocycles. The Bertz CT molecular complexity index is 514. The van der Waals surface area contributed by atoms with Crippen molar-refractivity contribution in [3.63, 3.8) is 0 Å². The molecule has 114 valence electrons. The number of carboxylic acids is 1. The fourth-order valence-electron chi connectivity index (χ4n) is 1.82. The molecule has 0 aliphatic carbocycles. The van der Waals surface area contributed by atoms with Gasteiger partial charge in [-0.2, -0.15) is 0 Å². The molecule has 2 amide bonds. The summed E-state index contributed by atoms with van der Waals surface area (Å²) in [4.78, 5) is 36.2. The van der Waals surface area contributed by atoms with Gasteiger partial charge in [0.25, 0.3) is 5.91 Å². The zero-order chi connectivity index (χ0) is 16.0. The van der Waals surface area contributed by atoms with E-state index in [2.05, 4.69) is 5.32 Å². The van der Waals surface area contributed by atoms with Crippen LogP contribution in [-0.4, -0.2) is 47.4 Å². The van der Waals surface area contributed by atoms with E-state index >= 15 is 0 Å². The van der Waals surface area contributed by atoms with E-state index in [1.807, 2.05) is 0 Å². The molecule has 0 aliphatic rings. The number of nitrogens with zero attached hydrogens (tertiary/aromatic N) is 1. The number of nitrogens with one attached hydrogen (secondary N) is 1. The summed E-state index contributed by atoms with van der Waals surface area (Å²) in [6.45, 7) is 3.22. The van der Waals surface area contributed by atoms with Gasteiger partial charge in [-0.15, -0.1) is 0 Å². The average Bonchev–Trinajstić information content (AvgIpc) is 2.44. The monoisotopic (exact) mass is 292 g/mol. The number of carboxylic acid groups (broad SMARTS) is 1. The van der Waals surface area contributed by atoms with Crippen LogP contribution in [0, 0.1) is 5.92 Å². The highest BCUT2D eigenvalue weighted by Gasteiger charge is 2.24. The Labute approximate surface area is 123 Å². The van der Waals surface area contributed by atoms with Crippen LogP contribution in [0.5, 0.6) is 0 Å². The molecule has 0 heterocycles. The zero-order valence-electron chi connectivity index (χ0n) is 12.4. The molecule has 1 atom stereocenters. The van der Waals surface area contributed by atoms with E-state index in [0.29, 0.717) is 5.56 Å². The first kappa shape index (κ1) is 16.7. The number of carbonyl (C=O) groups excluding carboxylic acids is 2. The van der Waals surface area contributed by atoms with Crippen LogP contribution in [-0.2, 0) is 9.59 Å². The molecule has 0 fully saturated rings. The standard InChI is InChI=1S/C15H20N2O4/c1-10(2)13(15(20)21)16-12(18)9-17(3)14(19)11-7-5-4-6-8-11/h4-8,10,13H,9H2,1-3H3,(H,16,18)(H,20,21)/t13-/m0/s1. The van der Waals surface area contributed by atoms with Crippen molar-refractivity contribution in [3.05, 3.63) is 35.9 Å². The molecule has 1 aromatic rings. The van der Waals surface area contributed by atoms with Crippen molar-refractivity contribution in [2.24, 2.45) is 5.92 Å². The van der Waals surface area contributed by atoms with Crippen LogP contribution < -0.4 is 5.32 Å². The third kappa shape index (κ3) is 4.91. The predicted molar refractivity (Wildman–Crippen MR) is 77.8 cm³/mol. The summed E-state index contributed by atoms with van der Waals surface area (Å²) < 4.78 is 0. The highest BCUT2D eigenvalue weighted by molar-refractivity contribution is 5.96. The second-order valence-electron chi connectivity index (χ2n) is 5.15. The fourth-order valence-corrected chi connectivity index (χ4v) is 1.82. The van der Waals surface area contributed by atoms with Gasteiger partial charge in [-0.1, -0.05) is 32.0 Å². The molecule has 6 heteroatoms. The number of benzene rings is 1. The van der Waals surface area contributed by atoms with E-state index in [1.54, 1.807) is 44.2 Å². The van der Waals surface area contributed by atoms with E-state index in [4.69, 9.17) is 5.11 Å². The minimum absolute atomic E-state index is 0.190. The SMILES string of the molecule is CC(C)[C@H](NC(=O)CN(C)C(=O)c1ccccc1)C(=O)O. The van der Waals surface area contributed by atoms with Gasteiger partial charge in [0.1, 0.15) is 6.04 Å². The van der Waals surface area contributed by atoms with Crippen LogP contribution in [0.4, 0.5) is 0 Å². The highest BCUT2D eigenvalue weighted by atomic mass is 16.4. The highest BCUT2D eigenvalue weighted by Crippen LogP contribution is 2.04. The third-order valence-electron chi connectivity index (χ3n) is 3.00. The largest absolute Gasteiger partial charge is 0.480 e. The Morgan fingerprint density at radius 3 is 2.24 bits per heavy atom. The minimum Gasteiger partial charge on any atom is -0.480 e. The summed E-state index contributed by atoms with van der Waals surface area (Å²) in [5, 5.41) is 11.4. The molecule has 0 spiro atoms. The molecule has 21 heavy (non-hydrogen) atoms. The quantitative estimate of drug-likeness (QED) is 0.818. The third-order valence-corrected chi connectivity index (χ3v) is 3.00. The van der Waals surface area contributed by atoms with E-state index in [-0.39, 0.29) is 18.4 Å². The molecule has 0 unspecified atom stereocenters. The summed E-state index contributed by atoms with van der Waals surface area (Å²) in [5.74, 6) is -2.11. The van der Waals surface area contributed by atoms with Crippen molar-refractivity contribution in [2.45, 2.75) is 19.9 Å². The first-order valence-corrected chi connectivity index (χ1v) is 6.65. The van der Waals surface area contributed by atoms with Gasteiger partial charge < -0.3 is 15.3 Å². The molecule has 6 nitrogen and oxygen atoms in total. The maximum atomic E-state index is 12.1. The van der Waals surface area contributed by atoms with E-state index in [1.165, 1.54) is 11.9 Å². The van der Waals surface area contributed by atoms with Crippen molar-refractivity contribution < 1.29 is 19.5 Å². The molecule has 0 saturated heterocycles. The van der Waals surface area contributed by atoms with Gasteiger partial charge in [0.05, 0.1) is 6.54 Å². The van der Waals surface area contributed by atoms with E-state index in [0.717, 1.165) is 0 Å². The summed E-state index contributed by atoms with van der Waals surface area (Å²) in [6.07, 6.45) is 0. The van der Waals surface area contributed by atoms with Gasteiger partial charge in [0.15, 0.2) is 0 Å². The zero-order valence-corrected chi connectivity index (χ0v) is 12.4. The lowest BCUT2D eigenvalue weighted by Gasteiger charge is -2.21. The summed E-state index contributed by atoms with van der Waals surface area (Å²) in [6, 6.07) is 7.62. The van der Waals surface area contributed by atoms with E-state index in [9.17, 15) is 14.4 Å². The van der Waals surface area contributed by atoms with Crippen LogP contribution in [0.15, 0.2) is 30.3 Å². The molecule has 0 saturated carbocycles. The van der Waals surface area contributed by atoms with Crippen molar-refractivity contribution in [2.75, 3.05) is 13.6 Å². The second-order valence-corrected chi connectivity index (χ2v) is 5.15. The summed E-state index contributed by atoms with van der Waals surface area (Å²) >= 11 is 0. The maximum Gasteiger partial charge on any atom is 0.326 e. The second kappa shape index (κ2) is 7.42. The van der Waals surface area contributed by atoms with Gasteiger partial charge in [-0.3, -0.25) is 9.59 Å². The van der Waals surface area contributed by atoms with Gasteiger partial charge in [0.2, 0.25) is 5.91 Å². The Balaban J connectivity index is 2.62.